The molecule has 1 aliphatic rings. The van der Waals surface area contributed by atoms with E-state index in [0.717, 1.165) is 32.5 Å². The molecule has 5 heteroatoms. The zero-order valence-corrected chi connectivity index (χ0v) is 11.5. The van der Waals surface area contributed by atoms with Gasteiger partial charge in [-0.05, 0) is 47.9 Å². The molecule has 0 spiro atoms. The van der Waals surface area contributed by atoms with Crippen molar-refractivity contribution in [3.8, 4) is 0 Å². The van der Waals surface area contributed by atoms with Crippen molar-refractivity contribution in [3.05, 3.63) is 22.6 Å². The second kappa shape index (κ2) is 5.78. The first-order chi connectivity index (χ1) is 8.19. The number of pyridine rings is 1. The van der Waals surface area contributed by atoms with Crippen molar-refractivity contribution in [2.24, 2.45) is 0 Å². The summed E-state index contributed by atoms with van der Waals surface area (Å²) in [7, 11) is 0. The van der Waals surface area contributed by atoms with E-state index in [1.807, 2.05) is 0 Å². The quantitative estimate of drug-likeness (QED) is 0.930. The van der Waals surface area contributed by atoms with E-state index in [1.54, 1.807) is 6.20 Å². The highest BCUT2D eigenvalue weighted by Gasteiger charge is 2.19. The molecule has 17 heavy (non-hydrogen) atoms. The lowest BCUT2D eigenvalue weighted by atomic mass is 10.1. The predicted molar refractivity (Wildman–Crippen MR) is 70.7 cm³/mol. The largest absolute Gasteiger partial charge is 0.364 e. The summed E-state index contributed by atoms with van der Waals surface area (Å²) in [6.45, 7) is 5.31. The van der Waals surface area contributed by atoms with Gasteiger partial charge < -0.3 is 10.2 Å². The number of piperidine rings is 1. The number of nitrogens with one attached hydrogen (secondary N) is 1. The lowest BCUT2D eigenvalue weighted by Crippen LogP contribution is -2.42. The standard InChI is InChI=1S/C12H17BrFN3/c1-2-17-5-3-4-10(8-17)16-12-11(14)6-9(13)7-15-12/h6-7,10H,2-5,8H2,1H3,(H,15,16). The van der Waals surface area contributed by atoms with Crippen LogP contribution in [-0.4, -0.2) is 35.6 Å². The van der Waals surface area contributed by atoms with Crippen LogP contribution in [0.1, 0.15) is 19.8 Å². The van der Waals surface area contributed by atoms with Gasteiger partial charge in [-0.25, -0.2) is 9.37 Å². The van der Waals surface area contributed by atoms with Crippen molar-refractivity contribution in [1.82, 2.24) is 9.88 Å². The first-order valence-electron chi connectivity index (χ1n) is 5.99. The zero-order chi connectivity index (χ0) is 12.3. The molecule has 0 amide bonds. The summed E-state index contributed by atoms with van der Waals surface area (Å²) in [4.78, 5) is 6.44. The SMILES string of the molecule is CCN1CCCC(Nc2ncc(Br)cc2F)C1. The van der Waals surface area contributed by atoms with Crippen molar-refractivity contribution in [3.63, 3.8) is 0 Å². The third-order valence-electron chi connectivity index (χ3n) is 3.10. The fourth-order valence-electron chi connectivity index (χ4n) is 2.17. The van der Waals surface area contributed by atoms with E-state index in [9.17, 15) is 4.39 Å². The van der Waals surface area contributed by atoms with E-state index >= 15 is 0 Å². The second-order valence-corrected chi connectivity index (χ2v) is 5.28. The molecule has 0 bridgehead atoms. The molecule has 0 radical (unpaired) electrons. The van der Waals surface area contributed by atoms with Gasteiger partial charge in [-0.2, -0.15) is 0 Å². The molecule has 1 aromatic heterocycles. The Bertz CT molecular complexity index is 386. The van der Waals surface area contributed by atoms with Crippen LogP contribution in [0.2, 0.25) is 0 Å². The topological polar surface area (TPSA) is 28.2 Å². The van der Waals surface area contributed by atoms with E-state index < -0.39 is 0 Å². The molecular formula is C12H17BrFN3. The minimum Gasteiger partial charge on any atom is -0.364 e. The summed E-state index contributed by atoms with van der Waals surface area (Å²) in [6.07, 6.45) is 3.85. The van der Waals surface area contributed by atoms with Gasteiger partial charge in [0.2, 0.25) is 0 Å². The molecule has 0 aromatic carbocycles. The van der Waals surface area contributed by atoms with Crippen LogP contribution in [0.4, 0.5) is 10.2 Å². The van der Waals surface area contributed by atoms with E-state index in [4.69, 9.17) is 0 Å². The fraction of sp³-hybridized carbons (Fsp3) is 0.583. The van der Waals surface area contributed by atoms with Gasteiger partial charge in [-0.15, -0.1) is 0 Å². The molecule has 2 heterocycles. The van der Waals surface area contributed by atoms with Crippen LogP contribution < -0.4 is 5.32 Å². The van der Waals surface area contributed by atoms with Crippen molar-refractivity contribution in [1.29, 1.82) is 0 Å². The lowest BCUT2D eigenvalue weighted by molar-refractivity contribution is 0.226. The smallest absolute Gasteiger partial charge is 0.166 e. The first kappa shape index (κ1) is 12.8. The minimum atomic E-state index is -0.298. The summed E-state index contributed by atoms with van der Waals surface area (Å²) in [6, 6.07) is 1.74. The molecule has 1 unspecified atom stereocenters. The lowest BCUT2D eigenvalue weighted by Gasteiger charge is -2.32. The summed E-state index contributed by atoms with van der Waals surface area (Å²) in [5.41, 5.74) is 0. The zero-order valence-electron chi connectivity index (χ0n) is 9.92. The molecular weight excluding hydrogens is 285 g/mol. The average Bonchev–Trinajstić information content (AvgIpc) is 2.33. The second-order valence-electron chi connectivity index (χ2n) is 4.36. The molecule has 1 aromatic rings. The van der Waals surface area contributed by atoms with E-state index in [1.165, 1.54) is 6.07 Å². The number of nitrogens with zero attached hydrogens (tertiary/aromatic N) is 2. The fourth-order valence-corrected chi connectivity index (χ4v) is 2.48. The highest BCUT2D eigenvalue weighted by atomic mass is 79.9. The monoisotopic (exact) mass is 301 g/mol. The number of hydrogen-bond acceptors (Lipinski definition) is 3. The molecule has 0 aliphatic carbocycles. The number of halogens is 2. The maximum atomic E-state index is 13.6. The minimum absolute atomic E-state index is 0.298. The van der Waals surface area contributed by atoms with Crippen LogP contribution in [0.5, 0.6) is 0 Å². The third-order valence-corrected chi connectivity index (χ3v) is 3.54. The summed E-state index contributed by atoms with van der Waals surface area (Å²) < 4.78 is 14.3. The van der Waals surface area contributed by atoms with E-state index in [0.29, 0.717) is 16.3 Å². The molecule has 0 saturated carbocycles. The number of rotatable bonds is 3. The Hall–Kier alpha value is -0.680. The van der Waals surface area contributed by atoms with Crippen molar-refractivity contribution in [2.45, 2.75) is 25.8 Å². The number of likely N-dealkylation sites (N-methyl/N-ethyl adjacent to an activating group) is 1. The van der Waals surface area contributed by atoms with Crippen LogP contribution >= 0.6 is 15.9 Å². The van der Waals surface area contributed by atoms with Gasteiger partial charge in [-0.3, -0.25) is 0 Å². The normalized spacial score (nSPS) is 21.5. The number of hydrogen-bond donors (Lipinski definition) is 1. The van der Waals surface area contributed by atoms with Crippen LogP contribution in [0, 0.1) is 5.82 Å². The third kappa shape index (κ3) is 3.39. The summed E-state index contributed by atoms with van der Waals surface area (Å²) in [5, 5.41) is 3.19. The molecule has 1 aliphatic heterocycles. The molecule has 2 rings (SSSR count). The number of likely N-dealkylation sites (tertiary alicyclic amines) is 1. The van der Waals surface area contributed by atoms with Gasteiger partial charge in [0.25, 0.3) is 0 Å². The van der Waals surface area contributed by atoms with Gasteiger partial charge in [0.1, 0.15) is 0 Å². The Morgan fingerprint density at radius 1 is 1.65 bits per heavy atom. The molecule has 1 atom stereocenters. The molecule has 1 saturated heterocycles. The van der Waals surface area contributed by atoms with Gasteiger partial charge in [0, 0.05) is 23.3 Å². The van der Waals surface area contributed by atoms with Crippen LogP contribution in [0.3, 0.4) is 0 Å². The summed E-state index contributed by atoms with van der Waals surface area (Å²) >= 11 is 3.20. The van der Waals surface area contributed by atoms with E-state index in [-0.39, 0.29) is 5.82 Å². The Kier molecular flexibility index (Phi) is 4.34. The Morgan fingerprint density at radius 3 is 3.18 bits per heavy atom. The van der Waals surface area contributed by atoms with Crippen molar-refractivity contribution < 1.29 is 4.39 Å². The first-order valence-corrected chi connectivity index (χ1v) is 6.78. The Morgan fingerprint density at radius 2 is 2.47 bits per heavy atom. The molecule has 3 nitrogen and oxygen atoms in total. The molecule has 94 valence electrons. The summed E-state index contributed by atoms with van der Waals surface area (Å²) in [5.74, 6) is 0.0594. The van der Waals surface area contributed by atoms with Gasteiger partial charge >= 0.3 is 0 Å². The van der Waals surface area contributed by atoms with Crippen molar-refractivity contribution >= 4 is 21.7 Å². The highest BCUT2D eigenvalue weighted by Crippen LogP contribution is 2.19. The maximum absolute atomic E-state index is 13.6. The average molecular weight is 302 g/mol. The number of anilines is 1. The Labute approximate surface area is 110 Å². The van der Waals surface area contributed by atoms with Crippen LogP contribution in [0.25, 0.3) is 0 Å². The maximum Gasteiger partial charge on any atom is 0.166 e. The van der Waals surface area contributed by atoms with Crippen LogP contribution in [0.15, 0.2) is 16.7 Å². The Balaban J connectivity index is 2.00. The predicted octanol–water partition coefficient (Wildman–Crippen LogP) is 2.88. The molecule has 1 fully saturated rings. The van der Waals surface area contributed by atoms with Gasteiger partial charge in [0.15, 0.2) is 11.6 Å². The highest BCUT2D eigenvalue weighted by molar-refractivity contribution is 9.10. The van der Waals surface area contributed by atoms with Gasteiger partial charge in [0.05, 0.1) is 0 Å². The van der Waals surface area contributed by atoms with Crippen molar-refractivity contribution in [2.75, 3.05) is 25.0 Å². The molecule has 1 N–H and O–H groups in total. The van der Waals surface area contributed by atoms with E-state index in [2.05, 4.69) is 38.1 Å². The van der Waals surface area contributed by atoms with Gasteiger partial charge in [-0.1, -0.05) is 6.92 Å². The number of aromatic nitrogens is 1. The van der Waals surface area contributed by atoms with Crippen LogP contribution in [-0.2, 0) is 0 Å².